The highest BCUT2D eigenvalue weighted by Gasteiger charge is 2.38. The molecule has 4 rings (SSSR count). The number of rotatable bonds is 6. The second-order valence-corrected chi connectivity index (χ2v) is 7.09. The molecule has 0 radical (unpaired) electrons. The quantitative estimate of drug-likeness (QED) is 0.652. The van der Waals surface area contributed by atoms with Crippen molar-refractivity contribution >= 4 is 11.6 Å². The zero-order valence-corrected chi connectivity index (χ0v) is 15.5. The van der Waals surface area contributed by atoms with Crippen molar-refractivity contribution in [2.45, 2.75) is 32.0 Å². The third-order valence-electron chi connectivity index (χ3n) is 5.24. The molecule has 1 aliphatic rings. The second kappa shape index (κ2) is 7.67. The van der Waals surface area contributed by atoms with E-state index in [1.165, 1.54) is 5.56 Å². The SMILES string of the molecule is C[C@@H](CCc1ccccc1)N1C(=O)c2ccccc2[C@H]1Nc1ccccc1. The number of carbonyl (C=O) groups excluding carboxylic acids is 1. The van der Waals surface area contributed by atoms with Crippen LogP contribution in [0.2, 0.25) is 0 Å². The molecule has 27 heavy (non-hydrogen) atoms. The summed E-state index contributed by atoms with van der Waals surface area (Å²) >= 11 is 0. The minimum Gasteiger partial charge on any atom is -0.361 e. The van der Waals surface area contributed by atoms with Gasteiger partial charge in [0.2, 0.25) is 0 Å². The van der Waals surface area contributed by atoms with Gasteiger partial charge in [-0.25, -0.2) is 0 Å². The second-order valence-electron chi connectivity index (χ2n) is 7.09. The molecule has 3 aromatic rings. The van der Waals surface area contributed by atoms with E-state index in [0.29, 0.717) is 0 Å². The molecule has 3 heteroatoms. The standard InChI is InChI=1S/C24H24N2O/c1-18(16-17-19-10-4-2-5-11-19)26-23(25-20-12-6-3-7-13-20)21-14-8-9-15-22(21)24(26)27/h2-15,18,23,25H,16-17H2,1H3/t18-,23-/m0/s1. The van der Waals surface area contributed by atoms with Gasteiger partial charge in [0.15, 0.2) is 0 Å². The van der Waals surface area contributed by atoms with Gasteiger partial charge in [-0.3, -0.25) is 4.79 Å². The molecule has 0 fully saturated rings. The summed E-state index contributed by atoms with van der Waals surface area (Å²) in [5.41, 5.74) is 4.18. The molecule has 0 spiro atoms. The topological polar surface area (TPSA) is 32.3 Å². The molecule has 3 aromatic carbocycles. The summed E-state index contributed by atoms with van der Waals surface area (Å²) in [4.78, 5) is 15.1. The van der Waals surface area contributed by atoms with E-state index in [4.69, 9.17) is 0 Å². The van der Waals surface area contributed by atoms with E-state index in [9.17, 15) is 4.79 Å². The Morgan fingerprint density at radius 3 is 2.26 bits per heavy atom. The van der Waals surface area contributed by atoms with Gasteiger partial charge in [-0.15, -0.1) is 0 Å². The molecule has 136 valence electrons. The van der Waals surface area contributed by atoms with Crippen LogP contribution in [0.5, 0.6) is 0 Å². The maximum absolute atomic E-state index is 13.1. The van der Waals surface area contributed by atoms with Gasteiger partial charge < -0.3 is 10.2 Å². The van der Waals surface area contributed by atoms with Gasteiger partial charge in [-0.2, -0.15) is 0 Å². The van der Waals surface area contributed by atoms with Gasteiger partial charge >= 0.3 is 0 Å². The van der Waals surface area contributed by atoms with E-state index in [0.717, 1.165) is 29.7 Å². The van der Waals surface area contributed by atoms with Gasteiger partial charge in [0.1, 0.15) is 6.17 Å². The summed E-state index contributed by atoms with van der Waals surface area (Å²) in [7, 11) is 0. The molecule has 0 saturated carbocycles. The molecular formula is C24H24N2O. The number of anilines is 1. The summed E-state index contributed by atoms with van der Waals surface area (Å²) in [6.45, 7) is 2.15. The number of para-hydroxylation sites is 1. The van der Waals surface area contributed by atoms with Gasteiger partial charge in [-0.1, -0.05) is 66.7 Å². The molecule has 0 aromatic heterocycles. The van der Waals surface area contributed by atoms with Crippen LogP contribution in [0.15, 0.2) is 84.9 Å². The summed E-state index contributed by atoms with van der Waals surface area (Å²) < 4.78 is 0. The van der Waals surface area contributed by atoms with Crippen molar-refractivity contribution in [3.63, 3.8) is 0 Å². The Morgan fingerprint density at radius 2 is 1.52 bits per heavy atom. The normalized spacial score (nSPS) is 16.9. The van der Waals surface area contributed by atoms with Crippen molar-refractivity contribution in [3.8, 4) is 0 Å². The van der Waals surface area contributed by atoms with Gasteiger partial charge in [-0.05, 0) is 43.5 Å². The highest BCUT2D eigenvalue weighted by molar-refractivity contribution is 5.99. The number of fused-ring (bicyclic) bond motifs is 1. The van der Waals surface area contributed by atoms with E-state index in [2.05, 4.69) is 42.6 Å². The highest BCUT2D eigenvalue weighted by atomic mass is 16.2. The molecule has 1 N–H and O–H groups in total. The summed E-state index contributed by atoms with van der Waals surface area (Å²) in [6, 6.07) is 28.6. The van der Waals surface area contributed by atoms with Crippen LogP contribution in [0, 0.1) is 0 Å². The molecule has 0 saturated heterocycles. The fourth-order valence-electron chi connectivity index (χ4n) is 3.79. The first-order valence-corrected chi connectivity index (χ1v) is 9.51. The molecule has 0 aliphatic carbocycles. The lowest BCUT2D eigenvalue weighted by atomic mass is 10.0. The van der Waals surface area contributed by atoms with E-state index in [1.807, 2.05) is 59.5 Å². The smallest absolute Gasteiger partial charge is 0.256 e. The first-order valence-electron chi connectivity index (χ1n) is 9.51. The number of aryl methyl sites for hydroxylation is 1. The zero-order valence-electron chi connectivity index (χ0n) is 15.5. The lowest BCUT2D eigenvalue weighted by molar-refractivity contribution is 0.0660. The Morgan fingerprint density at radius 1 is 0.889 bits per heavy atom. The molecule has 1 amide bonds. The van der Waals surface area contributed by atoms with Crippen LogP contribution in [0.1, 0.15) is 41.0 Å². The van der Waals surface area contributed by atoms with Crippen LogP contribution >= 0.6 is 0 Å². The summed E-state index contributed by atoms with van der Waals surface area (Å²) in [5, 5.41) is 3.56. The third-order valence-corrected chi connectivity index (χ3v) is 5.24. The minimum absolute atomic E-state index is 0.111. The van der Waals surface area contributed by atoms with Gasteiger partial charge in [0.25, 0.3) is 5.91 Å². The third kappa shape index (κ3) is 3.59. The Bertz CT molecular complexity index is 908. The largest absolute Gasteiger partial charge is 0.361 e. The number of nitrogens with zero attached hydrogens (tertiary/aromatic N) is 1. The van der Waals surface area contributed by atoms with Crippen LogP contribution in [0.4, 0.5) is 5.69 Å². The van der Waals surface area contributed by atoms with Crippen molar-refractivity contribution in [2.24, 2.45) is 0 Å². The average molecular weight is 356 g/mol. The van der Waals surface area contributed by atoms with E-state index < -0.39 is 0 Å². The molecule has 3 nitrogen and oxygen atoms in total. The van der Waals surface area contributed by atoms with Crippen LogP contribution in [0.25, 0.3) is 0 Å². The van der Waals surface area contributed by atoms with Gasteiger partial charge in [0, 0.05) is 22.9 Å². The van der Waals surface area contributed by atoms with Crippen molar-refractivity contribution < 1.29 is 4.79 Å². The lowest BCUT2D eigenvalue weighted by Crippen LogP contribution is -2.39. The first-order chi connectivity index (χ1) is 13.2. The van der Waals surface area contributed by atoms with E-state index in [-0.39, 0.29) is 18.1 Å². The van der Waals surface area contributed by atoms with Crippen molar-refractivity contribution in [1.29, 1.82) is 0 Å². The number of hydrogen-bond donors (Lipinski definition) is 1. The predicted molar refractivity (Wildman–Crippen MR) is 110 cm³/mol. The molecule has 0 unspecified atom stereocenters. The molecule has 2 atom stereocenters. The average Bonchev–Trinajstić information content (AvgIpc) is 3.00. The Kier molecular flexibility index (Phi) is 4.93. The van der Waals surface area contributed by atoms with Crippen LogP contribution < -0.4 is 5.32 Å². The molecule has 1 aliphatic heterocycles. The zero-order chi connectivity index (χ0) is 18.6. The first kappa shape index (κ1) is 17.3. The Balaban J connectivity index is 1.58. The number of hydrogen-bond acceptors (Lipinski definition) is 2. The number of benzene rings is 3. The predicted octanol–water partition coefficient (Wildman–Crippen LogP) is 5.27. The number of carbonyl (C=O) groups is 1. The van der Waals surface area contributed by atoms with Crippen LogP contribution in [-0.4, -0.2) is 16.8 Å². The summed E-state index contributed by atoms with van der Waals surface area (Å²) in [6.07, 6.45) is 1.75. The number of amides is 1. The van der Waals surface area contributed by atoms with Crippen LogP contribution in [-0.2, 0) is 6.42 Å². The Labute approximate surface area is 160 Å². The highest BCUT2D eigenvalue weighted by Crippen LogP contribution is 2.36. The molecular weight excluding hydrogens is 332 g/mol. The van der Waals surface area contributed by atoms with Gasteiger partial charge in [0.05, 0.1) is 0 Å². The van der Waals surface area contributed by atoms with Crippen LogP contribution in [0.3, 0.4) is 0 Å². The summed E-state index contributed by atoms with van der Waals surface area (Å²) in [5.74, 6) is 0.111. The molecule has 0 bridgehead atoms. The maximum Gasteiger partial charge on any atom is 0.256 e. The Hall–Kier alpha value is -3.07. The minimum atomic E-state index is -0.137. The molecule has 1 heterocycles. The maximum atomic E-state index is 13.1. The fourth-order valence-corrected chi connectivity index (χ4v) is 3.79. The monoisotopic (exact) mass is 356 g/mol. The van der Waals surface area contributed by atoms with Crippen molar-refractivity contribution in [3.05, 3.63) is 102 Å². The fraction of sp³-hybridized carbons (Fsp3) is 0.208. The van der Waals surface area contributed by atoms with E-state index in [1.54, 1.807) is 0 Å². The van der Waals surface area contributed by atoms with Crippen molar-refractivity contribution in [2.75, 3.05) is 5.32 Å². The lowest BCUT2D eigenvalue weighted by Gasteiger charge is -2.32. The van der Waals surface area contributed by atoms with Crippen molar-refractivity contribution in [1.82, 2.24) is 4.90 Å². The number of nitrogens with one attached hydrogen (secondary N) is 1. The van der Waals surface area contributed by atoms with E-state index >= 15 is 0 Å².